The Morgan fingerprint density at radius 3 is 2.24 bits per heavy atom. The minimum Gasteiger partial charge on any atom is -0.244 e. The van der Waals surface area contributed by atoms with E-state index in [4.69, 9.17) is 28.3 Å². The molecule has 0 fully saturated rings. The van der Waals surface area contributed by atoms with E-state index in [-0.39, 0.29) is 5.95 Å². The van der Waals surface area contributed by atoms with Crippen LogP contribution in [0.1, 0.15) is 5.56 Å². The predicted octanol–water partition coefficient (Wildman–Crippen LogP) is 5.66. The standard InChI is InChI=1S/C24H14Cl2N8/c25-15-11-9-14(10-12-15)13-27-30-24-28-20-16-5-1-2-6-17(16)21-23(22(20)29-31-24)33-34(32-21)19-8-4-3-7-18(19)26/h1-13H,(H,28,30,31)/b27-13+. The van der Waals surface area contributed by atoms with Crippen LogP contribution in [0.5, 0.6) is 0 Å². The molecule has 0 amide bonds. The van der Waals surface area contributed by atoms with E-state index in [9.17, 15) is 0 Å². The summed E-state index contributed by atoms with van der Waals surface area (Å²) in [5.41, 5.74) is 6.87. The van der Waals surface area contributed by atoms with Crippen molar-refractivity contribution in [2.75, 3.05) is 5.43 Å². The second-order valence-corrected chi connectivity index (χ2v) is 8.28. The molecule has 0 saturated carbocycles. The zero-order valence-corrected chi connectivity index (χ0v) is 18.9. The Labute approximate surface area is 202 Å². The highest BCUT2D eigenvalue weighted by atomic mass is 35.5. The minimum absolute atomic E-state index is 0.265. The lowest BCUT2D eigenvalue weighted by atomic mass is 10.1. The van der Waals surface area contributed by atoms with E-state index in [0.29, 0.717) is 37.8 Å². The molecule has 0 atom stereocenters. The third-order valence-corrected chi connectivity index (χ3v) is 5.85. The van der Waals surface area contributed by atoms with Gasteiger partial charge in [-0.1, -0.05) is 71.7 Å². The Hall–Kier alpha value is -4.14. The minimum atomic E-state index is 0.265. The van der Waals surface area contributed by atoms with Crippen LogP contribution in [0.4, 0.5) is 5.95 Å². The van der Waals surface area contributed by atoms with Crippen molar-refractivity contribution in [3.8, 4) is 5.69 Å². The lowest BCUT2D eigenvalue weighted by molar-refractivity contribution is 0.766. The second kappa shape index (κ2) is 8.33. The van der Waals surface area contributed by atoms with Crippen molar-refractivity contribution in [2.45, 2.75) is 0 Å². The SMILES string of the molecule is Clc1ccc(/C=N/Nc2nnc3c(n2)c2ccccc2c2nn(-c4ccccc4Cl)nc23)cc1. The summed E-state index contributed by atoms with van der Waals surface area (Å²) in [7, 11) is 0. The van der Waals surface area contributed by atoms with Crippen LogP contribution in [0.15, 0.2) is 77.9 Å². The summed E-state index contributed by atoms with van der Waals surface area (Å²) in [6, 6.07) is 22.6. The molecular weight excluding hydrogens is 471 g/mol. The number of aromatic nitrogens is 6. The van der Waals surface area contributed by atoms with Crippen LogP contribution in [0.25, 0.3) is 38.5 Å². The topological polar surface area (TPSA) is 93.8 Å². The van der Waals surface area contributed by atoms with Gasteiger partial charge in [0, 0.05) is 15.8 Å². The molecule has 0 unspecified atom stereocenters. The first-order chi connectivity index (χ1) is 16.7. The number of nitrogens with zero attached hydrogens (tertiary/aromatic N) is 7. The molecule has 164 valence electrons. The molecule has 0 saturated heterocycles. The Morgan fingerprint density at radius 2 is 1.44 bits per heavy atom. The van der Waals surface area contributed by atoms with E-state index in [1.165, 1.54) is 4.80 Å². The van der Waals surface area contributed by atoms with Crippen LogP contribution in [-0.2, 0) is 0 Å². The van der Waals surface area contributed by atoms with Gasteiger partial charge in [-0.05, 0) is 29.8 Å². The molecule has 0 spiro atoms. The lowest BCUT2D eigenvalue weighted by Crippen LogP contribution is -2.00. The molecular formula is C24H14Cl2N8. The number of halogens is 2. The van der Waals surface area contributed by atoms with Crippen LogP contribution >= 0.6 is 23.2 Å². The molecule has 4 aromatic carbocycles. The van der Waals surface area contributed by atoms with Crippen LogP contribution in [-0.4, -0.2) is 36.4 Å². The zero-order valence-electron chi connectivity index (χ0n) is 17.4. The van der Waals surface area contributed by atoms with Gasteiger partial charge in [0.05, 0.1) is 11.2 Å². The quantitative estimate of drug-likeness (QED) is 0.197. The van der Waals surface area contributed by atoms with Crippen LogP contribution < -0.4 is 5.43 Å². The molecule has 0 aliphatic rings. The zero-order chi connectivity index (χ0) is 23.1. The van der Waals surface area contributed by atoms with Gasteiger partial charge in [0.1, 0.15) is 27.8 Å². The average molecular weight is 485 g/mol. The third-order valence-electron chi connectivity index (χ3n) is 5.28. The second-order valence-electron chi connectivity index (χ2n) is 7.44. The number of anilines is 1. The average Bonchev–Trinajstić information content (AvgIpc) is 3.31. The van der Waals surface area contributed by atoms with Crippen molar-refractivity contribution < 1.29 is 0 Å². The van der Waals surface area contributed by atoms with Gasteiger partial charge in [-0.25, -0.2) is 10.4 Å². The fourth-order valence-electron chi connectivity index (χ4n) is 3.70. The molecule has 2 heterocycles. The molecule has 2 aromatic heterocycles. The number of hydrogen-bond donors (Lipinski definition) is 1. The first kappa shape index (κ1) is 20.5. The van der Waals surface area contributed by atoms with Crippen molar-refractivity contribution in [3.05, 3.63) is 88.4 Å². The maximum atomic E-state index is 6.37. The van der Waals surface area contributed by atoms with Crippen molar-refractivity contribution >= 4 is 68.2 Å². The molecule has 6 aromatic rings. The first-order valence-electron chi connectivity index (χ1n) is 10.3. The van der Waals surface area contributed by atoms with E-state index >= 15 is 0 Å². The summed E-state index contributed by atoms with van der Waals surface area (Å²) in [6.07, 6.45) is 1.65. The number of hydrogen-bond acceptors (Lipinski definition) is 7. The van der Waals surface area contributed by atoms with Gasteiger partial charge < -0.3 is 0 Å². The summed E-state index contributed by atoms with van der Waals surface area (Å²) >= 11 is 12.3. The van der Waals surface area contributed by atoms with Crippen LogP contribution in [0, 0.1) is 0 Å². The monoisotopic (exact) mass is 484 g/mol. The molecule has 34 heavy (non-hydrogen) atoms. The maximum Gasteiger partial charge on any atom is 0.263 e. The molecule has 8 nitrogen and oxygen atoms in total. The van der Waals surface area contributed by atoms with Gasteiger partial charge in [0.2, 0.25) is 0 Å². The smallest absolute Gasteiger partial charge is 0.244 e. The summed E-state index contributed by atoms with van der Waals surface area (Å²) in [5.74, 6) is 0.265. The number of benzene rings is 4. The molecule has 10 heteroatoms. The molecule has 0 aliphatic heterocycles. The molecule has 0 radical (unpaired) electrons. The number of hydrazone groups is 1. The fraction of sp³-hybridized carbons (Fsp3) is 0. The molecule has 1 N–H and O–H groups in total. The number of para-hydroxylation sites is 1. The Bertz CT molecular complexity index is 1710. The highest BCUT2D eigenvalue weighted by Gasteiger charge is 2.18. The van der Waals surface area contributed by atoms with Crippen molar-refractivity contribution in [3.63, 3.8) is 0 Å². The first-order valence-corrected chi connectivity index (χ1v) is 11.0. The largest absolute Gasteiger partial charge is 0.263 e. The molecule has 0 bridgehead atoms. The van der Waals surface area contributed by atoms with E-state index in [1.807, 2.05) is 54.6 Å². The number of fused-ring (bicyclic) bond motifs is 6. The van der Waals surface area contributed by atoms with Gasteiger partial charge in [0.25, 0.3) is 5.95 Å². The van der Waals surface area contributed by atoms with Gasteiger partial charge in [-0.3, -0.25) is 0 Å². The van der Waals surface area contributed by atoms with Gasteiger partial charge >= 0.3 is 0 Å². The maximum absolute atomic E-state index is 6.37. The van der Waals surface area contributed by atoms with Crippen LogP contribution in [0.2, 0.25) is 10.0 Å². The summed E-state index contributed by atoms with van der Waals surface area (Å²) in [6.45, 7) is 0. The fourth-order valence-corrected chi connectivity index (χ4v) is 4.04. The van der Waals surface area contributed by atoms with Crippen molar-refractivity contribution in [2.24, 2.45) is 5.10 Å². The lowest BCUT2D eigenvalue weighted by Gasteiger charge is -2.04. The highest BCUT2D eigenvalue weighted by molar-refractivity contribution is 6.32. The predicted molar refractivity (Wildman–Crippen MR) is 135 cm³/mol. The van der Waals surface area contributed by atoms with Crippen molar-refractivity contribution in [1.82, 2.24) is 30.2 Å². The van der Waals surface area contributed by atoms with E-state index < -0.39 is 0 Å². The number of rotatable bonds is 4. The van der Waals surface area contributed by atoms with Crippen LogP contribution in [0.3, 0.4) is 0 Å². The summed E-state index contributed by atoms with van der Waals surface area (Å²) in [5, 5.41) is 25.2. The highest BCUT2D eigenvalue weighted by Crippen LogP contribution is 2.32. The third kappa shape index (κ3) is 3.59. The number of nitrogens with one attached hydrogen (secondary N) is 1. The van der Waals surface area contributed by atoms with Crippen molar-refractivity contribution in [1.29, 1.82) is 0 Å². The molecule has 0 aliphatic carbocycles. The Morgan fingerprint density at radius 1 is 0.735 bits per heavy atom. The van der Waals surface area contributed by atoms with E-state index in [2.05, 4.69) is 30.8 Å². The summed E-state index contributed by atoms with van der Waals surface area (Å²) < 4.78 is 0. The Balaban J connectivity index is 1.47. The van der Waals surface area contributed by atoms with Gasteiger partial charge in [-0.15, -0.1) is 25.2 Å². The van der Waals surface area contributed by atoms with Gasteiger partial charge in [-0.2, -0.15) is 5.10 Å². The molecule has 6 rings (SSSR count). The normalized spacial score (nSPS) is 11.7. The van der Waals surface area contributed by atoms with Gasteiger partial charge in [0.15, 0.2) is 0 Å². The van der Waals surface area contributed by atoms with E-state index in [0.717, 1.165) is 16.3 Å². The Kier molecular flexibility index (Phi) is 5.01. The van der Waals surface area contributed by atoms with E-state index in [1.54, 1.807) is 24.4 Å². The summed E-state index contributed by atoms with van der Waals surface area (Å²) in [4.78, 5) is 6.19.